The summed E-state index contributed by atoms with van der Waals surface area (Å²) in [4.78, 5) is 6.38. The van der Waals surface area contributed by atoms with Crippen molar-refractivity contribution in [2.75, 3.05) is 13.1 Å². The number of nitrogens with one attached hydrogen (secondary N) is 2. The van der Waals surface area contributed by atoms with Crippen LogP contribution in [0.4, 0.5) is 0 Å². The Hall–Kier alpha value is -1.18. The first kappa shape index (κ1) is 6.53. The molecule has 2 N–H and O–H groups in total. The molecule has 2 heterocycles. The molecule has 60 valence electrons. The number of hydrogen-bond donors (Lipinski definition) is 2. The van der Waals surface area contributed by atoms with Crippen LogP contribution in [-0.4, -0.2) is 33.4 Å². The van der Waals surface area contributed by atoms with Gasteiger partial charge in [0.25, 0.3) is 0 Å². The minimum atomic E-state index is 0.764. The normalized spacial score (nSPS) is 18.9. The quantitative estimate of drug-likeness (QED) is 0.513. The fourth-order valence-electron chi connectivity index (χ4n) is 0.761. The van der Waals surface area contributed by atoms with Crippen molar-refractivity contribution >= 4 is 0 Å². The highest BCUT2D eigenvalue weighted by Gasteiger charge is 2.11. The number of hydrogen-bond acceptors (Lipinski definition) is 6. The zero-order valence-electron chi connectivity index (χ0n) is 5.77. The van der Waals surface area contributed by atoms with Crippen LogP contribution in [0.3, 0.4) is 0 Å². The smallest absolute Gasteiger partial charge is 0.0895 e. The van der Waals surface area contributed by atoms with Gasteiger partial charge >= 0.3 is 0 Å². The summed E-state index contributed by atoms with van der Waals surface area (Å²) in [6.07, 6.45) is 3.16. The van der Waals surface area contributed by atoms with Crippen molar-refractivity contribution in [1.29, 1.82) is 0 Å². The molecule has 0 atom stereocenters. The summed E-state index contributed by atoms with van der Waals surface area (Å²) >= 11 is 0. The van der Waals surface area contributed by atoms with Crippen LogP contribution in [0.2, 0.25) is 0 Å². The number of hydroxylamine groups is 1. The topological polar surface area (TPSA) is 67.2 Å². The van der Waals surface area contributed by atoms with Crippen LogP contribution < -0.4 is 15.9 Å². The highest BCUT2D eigenvalue weighted by molar-refractivity contribution is 4.59. The van der Waals surface area contributed by atoms with Crippen molar-refractivity contribution < 1.29 is 4.94 Å². The Balaban J connectivity index is 1.90. The lowest BCUT2D eigenvalue weighted by Crippen LogP contribution is -2.42. The van der Waals surface area contributed by atoms with Crippen molar-refractivity contribution in [2.45, 2.75) is 0 Å². The fraction of sp³-hybridized carbons (Fsp3) is 0.500. The van der Waals surface area contributed by atoms with Crippen LogP contribution in [-0.2, 0) is 0 Å². The Morgan fingerprint density at radius 3 is 3.18 bits per heavy atom. The van der Waals surface area contributed by atoms with Gasteiger partial charge in [-0.1, -0.05) is 4.85 Å². The van der Waals surface area contributed by atoms with Gasteiger partial charge in [0.1, 0.15) is 0 Å². The molecule has 1 aliphatic rings. The van der Waals surface area contributed by atoms with E-state index in [2.05, 4.69) is 21.3 Å². The third-order valence-corrected chi connectivity index (χ3v) is 1.23. The van der Waals surface area contributed by atoms with E-state index in [4.69, 9.17) is 4.94 Å². The second kappa shape index (κ2) is 2.82. The van der Waals surface area contributed by atoms with Crippen molar-refractivity contribution in [3.8, 4) is 0 Å². The van der Waals surface area contributed by atoms with Crippen LogP contribution in [0.1, 0.15) is 0 Å². The number of hydrazine groups is 2. The predicted molar refractivity (Wildman–Crippen MR) is 34.4 cm³/mol. The van der Waals surface area contributed by atoms with E-state index in [0.29, 0.717) is 0 Å². The van der Waals surface area contributed by atoms with Gasteiger partial charge in [0.15, 0.2) is 0 Å². The molecule has 1 aromatic heterocycles. The Labute approximate surface area is 62.8 Å². The van der Waals surface area contributed by atoms with Gasteiger partial charge < -0.3 is 0 Å². The predicted octanol–water partition coefficient (Wildman–Crippen LogP) is -2.05. The molecule has 0 aliphatic carbocycles. The average molecular weight is 156 g/mol. The maximum atomic E-state index is 5.12. The number of rotatable bonds is 2. The molecule has 1 aliphatic heterocycles. The van der Waals surface area contributed by atoms with E-state index in [1.165, 1.54) is 10.0 Å². The summed E-state index contributed by atoms with van der Waals surface area (Å²) in [5.41, 5.74) is 5.64. The summed E-state index contributed by atoms with van der Waals surface area (Å²) < 4.78 is 0. The molecule has 7 heteroatoms. The first-order valence-electron chi connectivity index (χ1n) is 3.26. The van der Waals surface area contributed by atoms with E-state index in [-0.39, 0.29) is 0 Å². The maximum Gasteiger partial charge on any atom is 0.0895 e. The molecule has 2 rings (SSSR count). The van der Waals surface area contributed by atoms with E-state index < -0.39 is 0 Å². The zero-order chi connectivity index (χ0) is 7.52. The van der Waals surface area contributed by atoms with Gasteiger partial charge in [0.2, 0.25) is 0 Å². The van der Waals surface area contributed by atoms with Crippen molar-refractivity contribution in [1.82, 2.24) is 31.3 Å². The van der Waals surface area contributed by atoms with Crippen LogP contribution in [0.5, 0.6) is 0 Å². The van der Waals surface area contributed by atoms with E-state index in [9.17, 15) is 0 Å². The third kappa shape index (κ3) is 1.45. The van der Waals surface area contributed by atoms with Crippen LogP contribution in [0.15, 0.2) is 12.4 Å². The SMILES string of the molecule is c1cn(ON2CCNN2)nn1. The molecular weight excluding hydrogens is 148 g/mol. The molecule has 0 bridgehead atoms. The molecule has 0 unspecified atom stereocenters. The van der Waals surface area contributed by atoms with Crippen LogP contribution in [0, 0.1) is 0 Å². The average Bonchev–Trinajstić information content (AvgIpc) is 2.60. The van der Waals surface area contributed by atoms with Gasteiger partial charge in [-0.2, -0.15) is 5.53 Å². The van der Waals surface area contributed by atoms with Crippen molar-refractivity contribution in [3.63, 3.8) is 0 Å². The molecule has 0 spiro atoms. The Kier molecular flexibility index (Phi) is 1.68. The molecular formula is C4H8N6O. The highest BCUT2D eigenvalue weighted by Crippen LogP contribution is 1.83. The number of aromatic nitrogens is 3. The van der Waals surface area contributed by atoms with E-state index in [1.54, 1.807) is 12.4 Å². The molecule has 1 saturated heterocycles. The molecule has 1 fully saturated rings. The van der Waals surface area contributed by atoms with E-state index in [1.807, 2.05) is 0 Å². The van der Waals surface area contributed by atoms with Crippen LogP contribution in [0.25, 0.3) is 0 Å². The lowest BCUT2D eigenvalue weighted by Gasteiger charge is -2.11. The second-order valence-corrected chi connectivity index (χ2v) is 2.03. The summed E-state index contributed by atoms with van der Waals surface area (Å²) in [7, 11) is 0. The monoisotopic (exact) mass is 156 g/mol. The second-order valence-electron chi connectivity index (χ2n) is 2.03. The summed E-state index contributed by atoms with van der Waals surface area (Å²) in [5, 5.41) is 8.71. The lowest BCUT2D eigenvalue weighted by molar-refractivity contribution is -0.195. The lowest BCUT2D eigenvalue weighted by atomic mass is 10.7. The molecule has 11 heavy (non-hydrogen) atoms. The molecule has 0 aromatic carbocycles. The number of nitrogens with zero attached hydrogens (tertiary/aromatic N) is 4. The Morgan fingerprint density at radius 1 is 1.55 bits per heavy atom. The zero-order valence-corrected chi connectivity index (χ0v) is 5.77. The maximum absolute atomic E-state index is 5.12. The van der Waals surface area contributed by atoms with Gasteiger partial charge in [0, 0.05) is 6.54 Å². The summed E-state index contributed by atoms with van der Waals surface area (Å²) in [5.74, 6) is 0. The molecule has 0 radical (unpaired) electrons. The molecule has 7 nitrogen and oxygen atoms in total. The van der Waals surface area contributed by atoms with E-state index >= 15 is 0 Å². The first-order chi connectivity index (χ1) is 5.45. The van der Waals surface area contributed by atoms with Gasteiger partial charge in [-0.05, 0) is 10.4 Å². The molecule has 0 saturated carbocycles. The minimum Gasteiger partial charge on any atom is -0.280 e. The standard InChI is InChI=1S/C4H8N6O/c1-3-9(7-5-1)11-10-4-2-6-8-10/h1,3,6,8H,2,4H2. The third-order valence-electron chi connectivity index (χ3n) is 1.23. The van der Waals surface area contributed by atoms with E-state index in [0.717, 1.165) is 13.1 Å². The Morgan fingerprint density at radius 2 is 2.55 bits per heavy atom. The minimum absolute atomic E-state index is 0.764. The first-order valence-corrected chi connectivity index (χ1v) is 3.26. The van der Waals surface area contributed by atoms with Crippen molar-refractivity contribution in [3.05, 3.63) is 12.4 Å². The summed E-state index contributed by atoms with van der Waals surface area (Å²) in [6.45, 7) is 1.61. The van der Waals surface area contributed by atoms with Gasteiger partial charge in [-0.25, -0.2) is 5.43 Å². The fourth-order valence-corrected chi connectivity index (χ4v) is 0.761. The Bertz CT molecular complexity index is 204. The van der Waals surface area contributed by atoms with Crippen molar-refractivity contribution in [2.24, 2.45) is 0 Å². The molecule has 1 aromatic rings. The summed E-state index contributed by atoms with van der Waals surface area (Å²) in [6, 6.07) is 0. The van der Waals surface area contributed by atoms with Crippen LogP contribution >= 0.6 is 0 Å². The highest BCUT2D eigenvalue weighted by atomic mass is 16.9. The van der Waals surface area contributed by atoms with Gasteiger partial charge in [-0.3, -0.25) is 4.94 Å². The van der Waals surface area contributed by atoms with Gasteiger partial charge in [0.05, 0.1) is 18.9 Å². The van der Waals surface area contributed by atoms with Gasteiger partial charge in [-0.15, -0.1) is 5.10 Å². The largest absolute Gasteiger partial charge is 0.280 e. The molecule has 0 amide bonds.